The lowest BCUT2D eigenvalue weighted by Crippen LogP contribution is -2.47. The van der Waals surface area contributed by atoms with Crippen molar-refractivity contribution in [1.82, 2.24) is 9.55 Å². The van der Waals surface area contributed by atoms with E-state index in [0.29, 0.717) is 35.3 Å². The Hall–Kier alpha value is -3.15. The Labute approximate surface area is 206 Å². The molecule has 11 heteroatoms. The Morgan fingerprint density at radius 1 is 1.28 bits per heavy atom. The summed E-state index contributed by atoms with van der Waals surface area (Å²) in [5, 5.41) is 0.832. The van der Waals surface area contributed by atoms with Crippen LogP contribution in [0.3, 0.4) is 0 Å². The molecule has 0 saturated carbocycles. The molecule has 0 amide bonds. The first-order valence-corrected chi connectivity index (χ1v) is 13.5. The van der Waals surface area contributed by atoms with E-state index in [-0.39, 0.29) is 42.6 Å². The quantitative estimate of drug-likeness (QED) is 0.327. The van der Waals surface area contributed by atoms with E-state index in [1.807, 2.05) is 0 Å². The van der Waals surface area contributed by atoms with Gasteiger partial charge in [0, 0.05) is 28.6 Å². The fraction of sp³-hybridized carbons (Fsp3) is 0.400. The SMILES string of the molecule is CCC1(OS(C)(=O)=O)C(=O)OCc2c1cc1n(c2=O)Cc2c-1nc1cc(F)c(C)c3c1c2C(N)CC3. The highest BCUT2D eigenvalue weighted by Gasteiger charge is 2.50. The van der Waals surface area contributed by atoms with Crippen molar-refractivity contribution in [3.8, 4) is 11.4 Å². The van der Waals surface area contributed by atoms with Crippen molar-refractivity contribution in [2.24, 2.45) is 5.73 Å². The highest BCUT2D eigenvalue weighted by atomic mass is 32.2. The third-order valence-corrected chi connectivity index (χ3v) is 8.27. The summed E-state index contributed by atoms with van der Waals surface area (Å²) in [5.74, 6) is -1.24. The van der Waals surface area contributed by atoms with Gasteiger partial charge in [0.25, 0.3) is 15.7 Å². The summed E-state index contributed by atoms with van der Waals surface area (Å²) in [7, 11) is -4.09. The molecule has 2 aromatic heterocycles. The molecule has 1 aromatic carbocycles. The van der Waals surface area contributed by atoms with Gasteiger partial charge < -0.3 is 15.0 Å². The highest BCUT2D eigenvalue weighted by Crippen LogP contribution is 2.46. The predicted molar refractivity (Wildman–Crippen MR) is 128 cm³/mol. The van der Waals surface area contributed by atoms with Gasteiger partial charge in [-0.05, 0) is 48.9 Å². The molecule has 3 aliphatic rings. The Morgan fingerprint density at radius 2 is 2.03 bits per heavy atom. The normalized spacial score (nSPS) is 22.2. The van der Waals surface area contributed by atoms with Gasteiger partial charge in [-0.25, -0.2) is 18.4 Å². The zero-order chi connectivity index (χ0) is 25.7. The first kappa shape index (κ1) is 23.3. The monoisotopic (exact) mass is 513 g/mol. The second-order valence-electron chi connectivity index (χ2n) is 9.71. The van der Waals surface area contributed by atoms with Gasteiger partial charge in [0.2, 0.25) is 5.60 Å². The number of carbonyl (C=O) groups excluding carboxylic acids is 1. The number of hydrogen-bond donors (Lipinski definition) is 1. The topological polar surface area (TPSA) is 131 Å². The maximum Gasteiger partial charge on any atom is 0.345 e. The van der Waals surface area contributed by atoms with Gasteiger partial charge in [-0.1, -0.05) is 6.92 Å². The van der Waals surface area contributed by atoms with E-state index >= 15 is 0 Å². The predicted octanol–water partition coefficient (Wildman–Crippen LogP) is 2.46. The maximum absolute atomic E-state index is 14.8. The molecule has 2 atom stereocenters. The largest absolute Gasteiger partial charge is 0.458 e. The number of ether oxygens (including phenoxy) is 1. The lowest BCUT2D eigenvalue weighted by Gasteiger charge is -2.34. The van der Waals surface area contributed by atoms with Crippen LogP contribution in [0.2, 0.25) is 0 Å². The number of carbonyl (C=O) groups is 1. The summed E-state index contributed by atoms with van der Waals surface area (Å²) >= 11 is 0. The van der Waals surface area contributed by atoms with E-state index in [0.717, 1.165) is 28.3 Å². The number of halogens is 1. The second-order valence-corrected chi connectivity index (χ2v) is 11.3. The third-order valence-electron chi connectivity index (χ3n) is 7.68. The van der Waals surface area contributed by atoms with Crippen LogP contribution in [0.1, 0.15) is 59.2 Å². The van der Waals surface area contributed by atoms with Crippen molar-refractivity contribution in [2.75, 3.05) is 6.26 Å². The van der Waals surface area contributed by atoms with Crippen LogP contribution in [0, 0.1) is 12.7 Å². The number of hydrogen-bond acceptors (Lipinski definition) is 8. The van der Waals surface area contributed by atoms with Gasteiger partial charge in [0.05, 0.1) is 35.3 Å². The van der Waals surface area contributed by atoms with E-state index in [9.17, 15) is 22.4 Å². The molecule has 188 valence electrons. The van der Waals surface area contributed by atoms with Crippen molar-refractivity contribution in [1.29, 1.82) is 0 Å². The number of benzene rings is 1. The van der Waals surface area contributed by atoms with E-state index in [4.69, 9.17) is 19.6 Å². The average molecular weight is 514 g/mol. The van der Waals surface area contributed by atoms with Crippen LogP contribution in [0.4, 0.5) is 4.39 Å². The maximum atomic E-state index is 14.8. The fourth-order valence-corrected chi connectivity index (χ4v) is 6.77. The van der Waals surface area contributed by atoms with Crippen molar-refractivity contribution in [3.05, 3.63) is 61.7 Å². The van der Waals surface area contributed by atoms with Gasteiger partial charge >= 0.3 is 5.97 Å². The molecular formula is C25H24FN3O6S. The summed E-state index contributed by atoms with van der Waals surface area (Å²) in [6, 6.07) is 2.66. The highest BCUT2D eigenvalue weighted by molar-refractivity contribution is 7.86. The molecule has 0 spiro atoms. The summed E-state index contributed by atoms with van der Waals surface area (Å²) in [4.78, 5) is 31.3. The number of cyclic esters (lactones) is 1. The zero-order valence-electron chi connectivity index (χ0n) is 20.0. The number of nitrogens with two attached hydrogens (primary N) is 1. The zero-order valence-corrected chi connectivity index (χ0v) is 20.8. The molecule has 2 aliphatic heterocycles. The molecule has 4 heterocycles. The summed E-state index contributed by atoms with van der Waals surface area (Å²) in [6.07, 6.45) is 2.04. The number of rotatable bonds is 3. The third kappa shape index (κ3) is 2.99. The van der Waals surface area contributed by atoms with Crippen LogP contribution in [0.5, 0.6) is 0 Å². The van der Waals surface area contributed by atoms with Crippen LogP contribution in [-0.2, 0) is 49.0 Å². The van der Waals surface area contributed by atoms with Gasteiger partial charge in [0.15, 0.2) is 0 Å². The summed E-state index contributed by atoms with van der Waals surface area (Å²) in [6.45, 7) is 3.24. The number of aromatic nitrogens is 2. The average Bonchev–Trinajstić information content (AvgIpc) is 3.18. The van der Waals surface area contributed by atoms with Gasteiger partial charge in [-0.3, -0.25) is 4.79 Å². The lowest BCUT2D eigenvalue weighted by molar-refractivity contribution is -0.168. The smallest absolute Gasteiger partial charge is 0.345 e. The van der Waals surface area contributed by atoms with Gasteiger partial charge in [-0.15, -0.1) is 0 Å². The molecule has 0 fully saturated rings. The molecule has 9 nitrogen and oxygen atoms in total. The minimum absolute atomic E-state index is 0.0726. The minimum Gasteiger partial charge on any atom is -0.458 e. The standard InChI is InChI=1S/C25H24FN3O6S/c1-4-25(35-36(3,32)33)15-7-19-22-13(9-29(19)23(30)14(15)10-34-24(25)31)20-17(27)6-5-12-11(2)16(26)8-18(28-22)21(12)20/h7-8,17H,4-6,9-10,27H2,1-3H3. The molecule has 3 aromatic rings. The Kier molecular flexibility index (Phi) is 4.80. The van der Waals surface area contributed by atoms with Crippen molar-refractivity contribution in [2.45, 2.75) is 57.9 Å². The first-order chi connectivity index (χ1) is 17.0. The van der Waals surface area contributed by atoms with Crippen LogP contribution >= 0.6 is 0 Å². The van der Waals surface area contributed by atoms with E-state index in [1.54, 1.807) is 19.9 Å². The summed E-state index contributed by atoms with van der Waals surface area (Å²) in [5.41, 5.74) is 8.83. The molecule has 0 radical (unpaired) electrons. The number of fused-ring (bicyclic) bond motifs is 5. The number of pyridine rings is 2. The van der Waals surface area contributed by atoms with Crippen LogP contribution in [0.25, 0.3) is 22.3 Å². The lowest BCUT2D eigenvalue weighted by atomic mass is 9.82. The van der Waals surface area contributed by atoms with Crippen molar-refractivity contribution >= 4 is 27.0 Å². The molecule has 0 bridgehead atoms. The van der Waals surface area contributed by atoms with E-state index < -0.39 is 27.2 Å². The Bertz CT molecular complexity index is 1700. The molecule has 2 unspecified atom stereocenters. The first-order valence-electron chi connectivity index (χ1n) is 11.7. The second kappa shape index (κ2) is 7.44. The van der Waals surface area contributed by atoms with Crippen molar-refractivity contribution < 1.29 is 26.5 Å². The molecule has 1 aliphatic carbocycles. The Balaban J connectivity index is 1.68. The van der Waals surface area contributed by atoms with Crippen LogP contribution in [-0.4, -0.2) is 30.2 Å². The molecule has 6 rings (SSSR count). The number of nitrogens with zero attached hydrogens (tertiary/aromatic N) is 2. The Morgan fingerprint density at radius 3 is 2.72 bits per heavy atom. The fourth-order valence-electron chi connectivity index (χ4n) is 5.98. The molecular weight excluding hydrogens is 489 g/mol. The summed E-state index contributed by atoms with van der Waals surface area (Å²) < 4.78 is 51.1. The minimum atomic E-state index is -4.09. The van der Waals surface area contributed by atoms with Crippen LogP contribution in [0.15, 0.2) is 16.9 Å². The number of aryl methyl sites for hydroxylation is 1. The molecule has 2 N–H and O–H groups in total. The van der Waals surface area contributed by atoms with Gasteiger partial charge in [-0.2, -0.15) is 8.42 Å². The molecule has 36 heavy (non-hydrogen) atoms. The van der Waals surface area contributed by atoms with Crippen LogP contribution < -0.4 is 11.3 Å². The number of esters is 1. The van der Waals surface area contributed by atoms with E-state index in [2.05, 4.69) is 0 Å². The molecule has 0 saturated heterocycles. The van der Waals surface area contributed by atoms with Gasteiger partial charge in [0.1, 0.15) is 12.4 Å². The van der Waals surface area contributed by atoms with Crippen molar-refractivity contribution in [3.63, 3.8) is 0 Å². The van der Waals surface area contributed by atoms with E-state index in [1.165, 1.54) is 10.6 Å².